The van der Waals surface area contributed by atoms with E-state index in [0.29, 0.717) is 13.2 Å². The lowest BCUT2D eigenvalue weighted by Crippen LogP contribution is -1.98. The number of hydrogen-bond acceptors (Lipinski definition) is 4. The van der Waals surface area contributed by atoms with E-state index in [0.717, 1.165) is 31.6 Å². The number of rotatable bonds is 5. The van der Waals surface area contributed by atoms with Crippen molar-refractivity contribution in [3.05, 3.63) is 27.8 Å². The molecule has 19 heavy (non-hydrogen) atoms. The summed E-state index contributed by atoms with van der Waals surface area (Å²) in [4.78, 5) is 4.31. The van der Waals surface area contributed by atoms with Crippen molar-refractivity contribution in [3.8, 4) is 21.9 Å². The van der Waals surface area contributed by atoms with Crippen LogP contribution in [0.3, 0.4) is 0 Å². The van der Waals surface area contributed by atoms with E-state index < -0.39 is 0 Å². The number of aryl methyl sites for hydroxylation is 1. The summed E-state index contributed by atoms with van der Waals surface area (Å²) >= 11 is 6.76. The van der Waals surface area contributed by atoms with Gasteiger partial charge in [0.15, 0.2) is 15.5 Å². The molecule has 0 amide bonds. The molecule has 1 heterocycles. The maximum atomic E-state index is 5.64. The summed E-state index contributed by atoms with van der Waals surface area (Å²) in [5.41, 5.74) is 2.18. The third-order valence-electron chi connectivity index (χ3n) is 2.63. The Labute approximate surface area is 122 Å². The fourth-order valence-corrected chi connectivity index (χ4v) is 3.11. The van der Waals surface area contributed by atoms with Gasteiger partial charge >= 0.3 is 0 Å². The second kappa shape index (κ2) is 6.21. The lowest BCUT2D eigenvalue weighted by Gasteiger charge is -2.12. The first-order valence-corrected chi connectivity index (χ1v) is 7.47. The molecule has 0 bridgehead atoms. The highest BCUT2D eigenvalue weighted by Crippen LogP contribution is 2.35. The van der Waals surface area contributed by atoms with E-state index >= 15 is 0 Å². The molecule has 2 aromatic rings. The Balaban J connectivity index is 2.45. The molecule has 0 aliphatic carbocycles. The van der Waals surface area contributed by atoms with Gasteiger partial charge < -0.3 is 14.5 Å². The quantitative estimate of drug-likeness (QED) is 0.820. The number of H-pyrrole nitrogens is 1. The van der Waals surface area contributed by atoms with Crippen molar-refractivity contribution in [2.45, 2.75) is 20.8 Å². The Kier molecular flexibility index (Phi) is 4.61. The second-order valence-corrected chi connectivity index (χ2v) is 5.68. The fraction of sp³-hybridized carbons (Fsp3) is 0.357. The van der Waals surface area contributed by atoms with Gasteiger partial charge in [-0.2, -0.15) is 0 Å². The molecule has 0 spiro atoms. The highest BCUT2D eigenvalue weighted by atomic mass is 32.1. The van der Waals surface area contributed by atoms with Gasteiger partial charge in [0.1, 0.15) is 0 Å². The number of aromatic nitrogens is 1. The highest BCUT2D eigenvalue weighted by Gasteiger charge is 2.10. The Bertz CT molecular complexity index is 616. The van der Waals surface area contributed by atoms with Crippen molar-refractivity contribution in [2.24, 2.45) is 0 Å². The predicted octanol–water partition coefficient (Wildman–Crippen LogP) is 4.58. The molecule has 0 fully saturated rings. The molecular formula is C14H17NO2S2. The van der Waals surface area contributed by atoms with E-state index in [1.807, 2.05) is 39.0 Å². The van der Waals surface area contributed by atoms with Crippen LogP contribution in [-0.4, -0.2) is 18.2 Å². The van der Waals surface area contributed by atoms with Gasteiger partial charge in [-0.05, 0) is 56.8 Å². The summed E-state index contributed by atoms with van der Waals surface area (Å²) in [6.45, 7) is 7.20. The molecule has 0 saturated heterocycles. The number of hydrogen-bond donors (Lipinski definition) is 1. The molecule has 0 unspecified atom stereocenters. The molecule has 0 aliphatic rings. The zero-order valence-corrected chi connectivity index (χ0v) is 12.9. The summed E-state index contributed by atoms with van der Waals surface area (Å²) in [5, 5.41) is 0. The smallest absolute Gasteiger partial charge is 0.161 e. The largest absolute Gasteiger partial charge is 0.490 e. The van der Waals surface area contributed by atoms with Gasteiger partial charge in [-0.25, -0.2) is 0 Å². The first-order chi connectivity index (χ1) is 9.15. The third-order valence-corrected chi connectivity index (χ3v) is 4.02. The van der Waals surface area contributed by atoms with Crippen molar-refractivity contribution in [3.63, 3.8) is 0 Å². The molecule has 1 aromatic carbocycles. The van der Waals surface area contributed by atoms with Crippen LogP contribution >= 0.6 is 23.6 Å². The minimum absolute atomic E-state index is 0.616. The standard InChI is InChI=1S/C14H17NO2S2/c1-4-16-11-7-6-10(8-12(11)17-5-2)13-9(3)15-14(18)19-13/h6-8H,4-5H2,1-3H3,(H,15,18). The van der Waals surface area contributed by atoms with Gasteiger partial charge in [0.25, 0.3) is 0 Å². The van der Waals surface area contributed by atoms with Gasteiger partial charge in [-0.1, -0.05) is 0 Å². The monoisotopic (exact) mass is 295 g/mol. The topological polar surface area (TPSA) is 34.2 Å². The first-order valence-electron chi connectivity index (χ1n) is 6.25. The van der Waals surface area contributed by atoms with E-state index in [9.17, 15) is 0 Å². The number of thiazole rings is 1. The molecule has 0 aliphatic heterocycles. The molecule has 2 rings (SSSR count). The van der Waals surface area contributed by atoms with Gasteiger partial charge in [-0.3, -0.25) is 0 Å². The van der Waals surface area contributed by atoms with Gasteiger partial charge in [0, 0.05) is 5.69 Å². The lowest BCUT2D eigenvalue weighted by atomic mass is 10.1. The Morgan fingerprint density at radius 2 is 1.84 bits per heavy atom. The SMILES string of the molecule is CCOc1ccc(-c2sc(=S)[nH]c2C)cc1OCC. The van der Waals surface area contributed by atoms with Crippen molar-refractivity contribution in [1.29, 1.82) is 0 Å². The zero-order chi connectivity index (χ0) is 13.8. The van der Waals surface area contributed by atoms with Gasteiger partial charge in [-0.15, -0.1) is 11.3 Å². The van der Waals surface area contributed by atoms with Gasteiger partial charge in [0.05, 0.1) is 18.1 Å². The Morgan fingerprint density at radius 3 is 2.42 bits per heavy atom. The number of nitrogens with one attached hydrogen (secondary N) is 1. The maximum absolute atomic E-state index is 5.64. The summed E-state index contributed by atoms with van der Waals surface area (Å²) in [7, 11) is 0. The first kappa shape index (κ1) is 14.1. The molecule has 0 atom stereocenters. The predicted molar refractivity (Wildman–Crippen MR) is 82.0 cm³/mol. The van der Waals surface area contributed by atoms with Crippen LogP contribution < -0.4 is 9.47 Å². The van der Waals surface area contributed by atoms with Crippen molar-refractivity contribution < 1.29 is 9.47 Å². The van der Waals surface area contributed by atoms with Crippen LogP contribution in [0, 0.1) is 10.9 Å². The van der Waals surface area contributed by atoms with Crippen LogP contribution in [0.5, 0.6) is 11.5 Å². The van der Waals surface area contributed by atoms with Crippen LogP contribution in [-0.2, 0) is 0 Å². The summed E-state index contributed by atoms with van der Waals surface area (Å²) < 4.78 is 12.0. The molecule has 0 saturated carbocycles. The summed E-state index contributed by atoms with van der Waals surface area (Å²) in [5.74, 6) is 1.56. The van der Waals surface area contributed by atoms with E-state index in [1.54, 1.807) is 11.3 Å². The number of benzene rings is 1. The maximum Gasteiger partial charge on any atom is 0.161 e. The van der Waals surface area contributed by atoms with Crippen molar-refractivity contribution in [1.82, 2.24) is 4.98 Å². The Hall–Kier alpha value is -1.33. The van der Waals surface area contributed by atoms with E-state index in [-0.39, 0.29) is 0 Å². The average molecular weight is 295 g/mol. The van der Waals surface area contributed by atoms with Crippen molar-refractivity contribution in [2.75, 3.05) is 13.2 Å². The molecule has 102 valence electrons. The van der Waals surface area contributed by atoms with Crippen LogP contribution in [0.4, 0.5) is 0 Å². The van der Waals surface area contributed by atoms with E-state index in [1.165, 1.54) is 0 Å². The molecule has 5 heteroatoms. The second-order valence-electron chi connectivity index (χ2n) is 4.00. The molecule has 1 aromatic heterocycles. The fourth-order valence-electron chi connectivity index (χ4n) is 1.87. The highest BCUT2D eigenvalue weighted by molar-refractivity contribution is 7.73. The summed E-state index contributed by atoms with van der Waals surface area (Å²) in [6, 6.07) is 6.00. The number of aromatic amines is 1. The minimum atomic E-state index is 0.616. The minimum Gasteiger partial charge on any atom is -0.490 e. The lowest BCUT2D eigenvalue weighted by molar-refractivity contribution is 0.288. The van der Waals surface area contributed by atoms with Crippen LogP contribution in [0.25, 0.3) is 10.4 Å². The molecular weight excluding hydrogens is 278 g/mol. The van der Waals surface area contributed by atoms with E-state index in [4.69, 9.17) is 21.7 Å². The van der Waals surface area contributed by atoms with E-state index in [2.05, 4.69) is 4.98 Å². The van der Waals surface area contributed by atoms with Crippen LogP contribution in [0.1, 0.15) is 19.5 Å². The van der Waals surface area contributed by atoms with Gasteiger partial charge in [0.2, 0.25) is 0 Å². The molecule has 3 nitrogen and oxygen atoms in total. The third kappa shape index (κ3) is 3.16. The zero-order valence-electron chi connectivity index (χ0n) is 11.3. The molecule has 0 radical (unpaired) electrons. The number of ether oxygens (including phenoxy) is 2. The average Bonchev–Trinajstić information content (AvgIpc) is 2.71. The van der Waals surface area contributed by atoms with Crippen molar-refractivity contribution >= 4 is 23.6 Å². The van der Waals surface area contributed by atoms with Crippen LogP contribution in [0.15, 0.2) is 18.2 Å². The summed E-state index contributed by atoms with van der Waals surface area (Å²) in [6.07, 6.45) is 0. The molecule has 1 N–H and O–H groups in total. The van der Waals surface area contributed by atoms with Crippen LogP contribution in [0.2, 0.25) is 0 Å². The Morgan fingerprint density at radius 1 is 1.16 bits per heavy atom. The normalized spacial score (nSPS) is 10.5.